The van der Waals surface area contributed by atoms with E-state index in [1.165, 1.54) is 7.11 Å². The number of carbonyl (C=O) groups is 2. The summed E-state index contributed by atoms with van der Waals surface area (Å²) in [5.74, 6) is -0.0951. The topological polar surface area (TPSA) is 104 Å². The minimum atomic E-state index is -0.657. The molecule has 1 fully saturated rings. The highest BCUT2D eigenvalue weighted by atomic mass is 16.6. The fourth-order valence-electron chi connectivity index (χ4n) is 4.16. The molecular formula is C29H39NO8. The van der Waals surface area contributed by atoms with Gasteiger partial charge in [0, 0.05) is 0 Å². The molecule has 3 atom stereocenters. The smallest absolute Gasteiger partial charge is 0.410 e. The molecule has 2 aromatic rings. The van der Waals surface area contributed by atoms with Crippen molar-refractivity contribution in [1.29, 1.82) is 0 Å². The van der Waals surface area contributed by atoms with Crippen molar-refractivity contribution in [2.75, 3.05) is 26.9 Å². The highest BCUT2D eigenvalue weighted by Crippen LogP contribution is 2.33. The van der Waals surface area contributed by atoms with Gasteiger partial charge in [-0.3, -0.25) is 4.90 Å². The van der Waals surface area contributed by atoms with E-state index in [0.717, 1.165) is 11.1 Å². The Hall–Kier alpha value is -3.30. The van der Waals surface area contributed by atoms with Crippen LogP contribution in [0.1, 0.15) is 55.6 Å². The number of aliphatic hydroxyl groups excluding tert-OH is 1. The van der Waals surface area contributed by atoms with Gasteiger partial charge in [0.1, 0.15) is 35.4 Å². The molecule has 0 saturated carbocycles. The zero-order chi connectivity index (χ0) is 27.9. The Labute approximate surface area is 224 Å². The Bertz CT molecular complexity index is 1080. The van der Waals surface area contributed by atoms with Gasteiger partial charge in [-0.15, -0.1) is 0 Å². The summed E-state index contributed by atoms with van der Waals surface area (Å²) in [6.07, 6.45) is -0.655. The van der Waals surface area contributed by atoms with E-state index < -0.39 is 23.8 Å². The molecule has 1 amide bonds. The number of amides is 1. The van der Waals surface area contributed by atoms with Crippen LogP contribution in [-0.4, -0.2) is 72.8 Å². The van der Waals surface area contributed by atoms with E-state index in [9.17, 15) is 14.7 Å². The Morgan fingerprint density at radius 2 is 1.82 bits per heavy atom. The summed E-state index contributed by atoms with van der Waals surface area (Å²) in [6, 6.07) is 12.9. The number of aryl methyl sites for hydroxylation is 1. The maximum Gasteiger partial charge on any atom is 0.410 e. The van der Waals surface area contributed by atoms with E-state index in [-0.39, 0.29) is 42.4 Å². The number of ether oxygens (including phenoxy) is 5. The predicted molar refractivity (Wildman–Crippen MR) is 142 cm³/mol. The maximum absolute atomic E-state index is 13.1. The number of aliphatic hydroxyl groups is 1. The average molecular weight is 530 g/mol. The third-order valence-electron chi connectivity index (χ3n) is 5.95. The van der Waals surface area contributed by atoms with Crippen molar-refractivity contribution in [3.05, 3.63) is 59.2 Å². The van der Waals surface area contributed by atoms with Gasteiger partial charge in [0.05, 0.1) is 39.0 Å². The molecule has 1 saturated heterocycles. The van der Waals surface area contributed by atoms with E-state index in [2.05, 4.69) is 0 Å². The number of hydrogen-bond acceptors (Lipinski definition) is 8. The Morgan fingerprint density at radius 1 is 1.13 bits per heavy atom. The number of esters is 1. The van der Waals surface area contributed by atoms with Gasteiger partial charge in [-0.05, 0) is 64.3 Å². The number of hydrogen-bond donors (Lipinski definition) is 1. The lowest BCUT2D eigenvalue weighted by molar-refractivity contribution is 0.0126. The average Bonchev–Trinajstić information content (AvgIpc) is 3.28. The monoisotopic (exact) mass is 529 g/mol. The number of likely N-dealkylation sites (tertiary alicyclic amines) is 1. The third-order valence-corrected chi connectivity index (χ3v) is 5.95. The molecule has 0 spiro atoms. The first-order chi connectivity index (χ1) is 18.0. The molecule has 1 aliphatic rings. The van der Waals surface area contributed by atoms with Crippen LogP contribution < -0.4 is 9.47 Å². The normalized spacial score (nSPS) is 18.1. The molecule has 2 aromatic carbocycles. The summed E-state index contributed by atoms with van der Waals surface area (Å²) < 4.78 is 28.7. The Morgan fingerprint density at radius 3 is 2.45 bits per heavy atom. The van der Waals surface area contributed by atoms with Crippen molar-refractivity contribution in [3.8, 4) is 11.5 Å². The lowest BCUT2D eigenvalue weighted by Gasteiger charge is -2.28. The van der Waals surface area contributed by atoms with Crippen molar-refractivity contribution >= 4 is 12.1 Å². The van der Waals surface area contributed by atoms with Crippen molar-refractivity contribution < 1.29 is 38.4 Å². The van der Waals surface area contributed by atoms with E-state index in [1.54, 1.807) is 24.0 Å². The minimum absolute atomic E-state index is 0.104. The molecule has 208 valence electrons. The SMILES string of the molecule is COC(=O)c1c(OC[C@H]2C[C@H](OCc3ccccc3)CN2C(=O)OC(C)(C)C)cc(C)cc1O[C@H](C)CO. The standard InChI is InChI=1S/C29H39NO8/c1-19-12-24(26(27(32)34-6)25(13-19)37-20(2)16-31)36-18-22-14-23(35-17-21-10-8-7-9-11-21)15-30(22)28(33)38-29(3,4)5/h7-13,20,22-23,31H,14-18H2,1-6H3/t20-,22-,23+/m1/s1. The van der Waals surface area contributed by atoms with Gasteiger partial charge in [0.2, 0.25) is 0 Å². The Balaban J connectivity index is 1.81. The van der Waals surface area contributed by atoms with Crippen LogP contribution in [0.3, 0.4) is 0 Å². The fourth-order valence-corrected chi connectivity index (χ4v) is 4.16. The lowest BCUT2D eigenvalue weighted by Crippen LogP contribution is -2.42. The quantitative estimate of drug-likeness (QED) is 0.448. The molecule has 0 unspecified atom stereocenters. The van der Waals surface area contributed by atoms with Gasteiger partial charge < -0.3 is 28.8 Å². The van der Waals surface area contributed by atoms with Crippen molar-refractivity contribution in [2.45, 2.75) is 71.5 Å². The van der Waals surface area contributed by atoms with E-state index in [1.807, 2.05) is 58.0 Å². The van der Waals surface area contributed by atoms with E-state index in [0.29, 0.717) is 19.6 Å². The van der Waals surface area contributed by atoms with Gasteiger partial charge in [-0.2, -0.15) is 0 Å². The van der Waals surface area contributed by atoms with Crippen LogP contribution >= 0.6 is 0 Å². The molecule has 1 heterocycles. The molecule has 0 aliphatic carbocycles. The van der Waals surface area contributed by atoms with Gasteiger partial charge in [0.25, 0.3) is 0 Å². The second kappa shape index (κ2) is 13.0. The van der Waals surface area contributed by atoms with Crippen LogP contribution in [0.5, 0.6) is 11.5 Å². The zero-order valence-electron chi connectivity index (χ0n) is 23.1. The molecule has 0 bridgehead atoms. The highest BCUT2D eigenvalue weighted by Gasteiger charge is 2.39. The van der Waals surface area contributed by atoms with Gasteiger partial charge in [-0.1, -0.05) is 30.3 Å². The lowest BCUT2D eigenvalue weighted by atomic mass is 10.1. The summed E-state index contributed by atoms with van der Waals surface area (Å²) >= 11 is 0. The summed E-state index contributed by atoms with van der Waals surface area (Å²) in [5.41, 5.74) is 1.31. The number of benzene rings is 2. The predicted octanol–water partition coefficient (Wildman–Crippen LogP) is 4.51. The van der Waals surface area contributed by atoms with Crippen LogP contribution in [0.15, 0.2) is 42.5 Å². The summed E-state index contributed by atoms with van der Waals surface area (Å²) in [7, 11) is 1.28. The first-order valence-electron chi connectivity index (χ1n) is 12.8. The van der Waals surface area contributed by atoms with Gasteiger partial charge in [-0.25, -0.2) is 9.59 Å². The van der Waals surface area contributed by atoms with Crippen molar-refractivity contribution in [3.63, 3.8) is 0 Å². The van der Waals surface area contributed by atoms with Crippen LogP contribution in [0.4, 0.5) is 4.79 Å². The minimum Gasteiger partial charge on any atom is -0.490 e. The molecule has 1 N–H and O–H groups in total. The van der Waals surface area contributed by atoms with Crippen LogP contribution in [0.25, 0.3) is 0 Å². The molecule has 0 radical (unpaired) electrons. The van der Waals surface area contributed by atoms with Crippen molar-refractivity contribution in [1.82, 2.24) is 4.90 Å². The molecule has 9 nitrogen and oxygen atoms in total. The second-order valence-corrected chi connectivity index (χ2v) is 10.5. The first kappa shape index (κ1) is 29.3. The third kappa shape index (κ3) is 8.10. The molecule has 0 aromatic heterocycles. The number of methoxy groups -OCH3 is 1. The highest BCUT2D eigenvalue weighted by molar-refractivity contribution is 5.95. The fraction of sp³-hybridized carbons (Fsp3) is 0.517. The second-order valence-electron chi connectivity index (χ2n) is 10.5. The van der Waals surface area contributed by atoms with Crippen molar-refractivity contribution in [2.24, 2.45) is 0 Å². The molecule has 9 heteroatoms. The molecular weight excluding hydrogens is 490 g/mol. The summed E-state index contributed by atoms with van der Waals surface area (Å²) in [6.45, 7) is 9.66. The summed E-state index contributed by atoms with van der Waals surface area (Å²) in [5, 5.41) is 9.44. The molecule has 1 aliphatic heterocycles. The molecule has 38 heavy (non-hydrogen) atoms. The number of rotatable bonds is 10. The largest absolute Gasteiger partial charge is 0.490 e. The van der Waals surface area contributed by atoms with Crippen LogP contribution in [-0.2, 0) is 20.8 Å². The Kier molecular flexibility index (Phi) is 9.99. The van der Waals surface area contributed by atoms with E-state index >= 15 is 0 Å². The van der Waals surface area contributed by atoms with Crippen LogP contribution in [0, 0.1) is 6.92 Å². The van der Waals surface area contributed by atoms with E-state index in [4.69, 9.17) is 23.7 Å². The van der Waals surface area contributed by atoms with Gasteiger partial charge >= 0.3 is 12.1 Å². The van der Waals surface area contributed by atoms with Crippen LogP contribution in [0.2, 0.25) is 0 Å². The molecule has 3 rings (SSSR count). The first-order valence-corrected chi connectivity index (χ1v) is 12.8. The maximum atomic E-state index is 13.1. The zero-order valence-corrected chi connectivity index (χ0v) is 23.1. The number of carbonyl (C=O) groups excluding carboxylic acids is 2. The van der Waals surface area contributed by atoms with Gasteiger partial charge in [0.15, 0.2) is 0 Å². The summed E-state index contributed by atoms with van der Waals surface area (Å²) in [4.78, 5) is 27.4. The number of nitrogens with zero attached hydrogens (tertiary/aromatic N) is 1.